The molecule has 0 radical (unpaired) electrons. The van der Waals surface area contributed by atoms with Crippen LogP contribution in [0.3, 0.4) is 0 Å². The second kappa shape index (κ2) is 7.25. The predicted octanol–water partition coefficient (Wildman–Crippen LogP) is 5.42. The highest BCUT2D eigenvalue weighted by Crippen LogP contribution is 2.32. The highest BCUT2D eigenvalue weighted by molar-refractivity contribution is 7.22. The molecule has 6 heteroatoms. The second-order valence-electron chi connectivity index (χ2n) is 5.97. The molecule has 0 aliphatic heterocycles. The quantitative estimate of drug-likeness (QED) is 0.474. The van der Waals surface area contributed by atoms with E-state index in [-0.39, 0.29) is 17.6 Å². The number of rotatable bonds is 4. The van der Waals surface area contributed by atoms with E-state index in [2.05, 4.69) is 4.98 Å². The summed E-state index contributed by atoms with van der Waals surface area (Å²) in [7, 11) is 0. The van der Waals surface area contributed by atoms with E-state index in [0.29, 0.717) is 9.83 Å². The highest BCUT2D eigenvalue weighted by Gasteiger charge is 2.22. The fourth-order valence-corrected chi connectivity index (χ4v) is 3.77. The summed E-state index contributed by atoms with van der Waals surface area (Å²) in [5, 5.41) is 0.369. The average molecular weight is 380 g/mol. The van der Waals surface area contributed by atoms with Crippen molar-refractivity contribution < 1.29 is 13.6 Å². The van der Waals surface area contributed by atoms with Crippen LogP contribution in [0.2, 0.25) is 0 Å². The van der Waals surface area contributed by atoms with Crippen molar-refractivity contribution in [3.05, 3.63) is 95.6 Å². The molecule has 4 rings (SSSR count). The predicted molar refractivity (Wildman–Crippen MR) is 103 cm³/mol. The molecule has 1 heterocycles. The van der Waals surface area contributed by atoms with Crippen molar-refractivity contribution in [1.29, 1.82) is 0 Å². The Morgan fingerprint density at radius 3 is 2.48 bits per heavy atom. The van der Waals surface area contributed by atoms with Gasteiger partial charge in [-0.25, -0.2) is 13.8 Å². The zero-order valence-electron chi connectivity index (χ0n) is 14.1. The number of benzene rings is 3. The van der Waals surface area contributed by atoms with E-state index < -0.39 is 17.5 Å². The summed E-state index contributed by atoms with van der Waals surface area (Å²) in [6.07, 6.45) is 0. The molecule has 3 nitrogen and oxygen atoms in total. The molecule has 4 aromatic rings. The topological polar surface area (TPSA) is 33.2 Å². The summed E-state index contributed by atoms with van der Waals surface area (Å²) in [6, 6.07) is 19.6. The number of para-hydroxylation sites is 1. The Morgan fingerprint density at radius 2 is 1.74 bits per heavy atom. The van der Waals surface area contributed by atoms with Crippen molar-refractivity contribution in [2.24, 2.45) is 0 Å². The number of carbonyl (C=O) groups excluding carboxylic acids is 1. The van der Waals surface area contributed by atoms with Crippen LogP contribution in [0.1, 0.15) is 15.9 Å². The van der Waals surface area contributed by atoms with Crippen molar-refractivity contribution in [3.8, 4) is 0 Å². The fraction of sp³-hybridized carbons (Fsp3) is 0.0476. The summed E-state index contributed by atoms with van der Waals surface area (Å²) in [5.41, 5.74) is 1.33. The van der Waals surface area contributed by atoms with Crippen LogP contribution in [-0.2, 0) is 6.54 Å². The molecule has 0 saturated heterocycles. The van der Waals surface area contributed by atoms with E-state index in [4.69, 9.17) is 0 Å². The van der Waals surface area contributed by atoms with Gasteiger partial charge < -0.3 is 0 Å². The highest BCUT2D eigenvalue weighted by atomic mass is 32.1. The molecule has 0 spiro atoms. The van der Waals surface area contributed by atoms with Crippen molar-refractivity contribution in [1.82, 2.24) is 4.98 Å². The van der Waals surface area contributed by atoms with Gasteiger partial charge in [0.15, 0.2) is 5.13 Å². The van der Waals surface area contributed by atoms with E-state index in [1.807, 2.05) is 30.3 Å². The van der Waals surface area contributed by atoms with Gasteiger partial charge >= 0.3 is 0 Å². The standard InChI is InChI=1S/C21H14F2N2OS/c22-16-9-4-8-15(12-16)20(26)25(13-14-6-2-1-3-7-14)21-24-19-17(23)10-5-11-18(19)27-21/h1-12H,13H2. The number of aromatic nitrogens is 1. The van der Waals surface area contributed by atoms with Crippen LogP contribution >= 0.6 is 11.3 Å². The Kier molecular flexibility index (Phi) is 4.64. The van der Waals surface area contributed by atoms with Crippen LogP contribution in [0.5, 0.6) is 0 Å². The molecule has 0 fully saturated rings. The fourth-order valence-electron chi connectivity index (χ4n) is 2.79. The van der Waals surface area contributed by atoms with Gasteiger partial charge in [0.25, 0.3) is 5.91 Å². The molecular formula is C21H14F2N2OS. The molecule has 0 aliphatic carbocycles. The minimum Gasteiger partial charge on any atom is -0.279 e. The first kappa shape index (κ1) is 17.3. The number of hydrogen-bond acceptors (Lipinski definition) is 3. The number of halogens is 2. The Balaban J connectivity index is 1.79. The van der Waals surface area contributed by atoms with Gasteiger partial charge in [-0.1, -0.05) is 53.8 Å². The molecule has 27 heavy (non-hydrogen) atoms. The lowest BCUT2D eigenvalue weighted by molar-refractivity contribution is 0.0984. The van der Waals surface area contributed by atoms with Crippen molar-refractivity contribution in [3.63, 3.8) is 0 Å². The van der Waals surface area contributed by atoms with Gasteiger partial charge in [0.2, 0.25) is 0 Å². The third kappa shape index (κ3) is 3.57. The van der Waals surface area contributed by atoms with Gasteiger partial charge in [-0.2, -0.15) is 0 Å². The van der Waals surface area contributed by atoms with E-state index in [9.17, 15) is 13.6 Å². The summed E-state index contributed by atoms with van der Waals surface area (Å²) in [5.74, 6) is -1.32. The van der Waals surface area contributed by atoms with Crippen LogP contribution in [-0.4, -0.2) is 10.9 Å². The van der Waals surface area contributed by atoms with Gasteiger partial charge in [-0.05, 0) is 35.9 Å². The summed E-state index contributed by atoms with van der Waals surface area (Å²) >= 11 is 1.23. The van der Waals surface area contributed by atoms with Crippen LogP contribution in [0, 0.1) is 11.6 Å². The summed E-state index contributed by atoms with van der Waals surface area (Å²) < 4.78 is 28.3. The summed E-state index contributed by atoms with van der Waals surface area (Å²) in [4.78, 5) is 18.9. The molecule has 1 aromatic heterocycles. The van der Waals surface area contributed by atoms with Crippen molar-refractivity contribution in [2.45, 2.75) is 6.54 Å². The first-order chi connectivity index (χ1) is 13.1. The zero-order valence-corrected chi connectivity index (χ0v) is 14.9. The Labute approximate surface area is 158 Å². The normalized spacial score (nSPS) is 10.9. The molecule has 0 N–H and O–H groups in total. The average Bonchev–Trinajstić information content (AvgIpc) is 3.12. The lowest BCUT2D eigenvalue weighted by atomic mass is 10.1. The number of anilines is 1. The van der Waals surface area contributed by atoms with Crippen LogP contribution in [0.25, 0.3) is 10.2 Å². The van der Waals surface area contributed by atoms with Gasteiger partial charge in [-0.15, -0.1) is 0 Å². The summed E-state index contributed by atoms with van der Waals surface area (Å²) in [6.45, 7) is 0.248. The number of fused-ring (bicyclic) bond motifs is 1. The van der Waals surface area contributed by atoms with E-state index in [0.717, 1.165) is 5.56 Å². The number of nitrogens with zero attached hydrogens (tertiary/aromatic N) is 2. The third-order valence-corrected chi connectivity index (χ3v) is 5.13. The molecule has 3 aromatic carbocycles. The molecule has 0 saturated carbocycles. The Morgan fingerprint density at radius 1 is 0.963 bits per heavy atom. The largest absolute Gasteiger partial charge is 0.279 e. The molecule has 0 bridgehead atoms. The van der Waals surface area contributed by atoms with Crippen molar-refractivity contribution >= 4 is 32.6 Å². The maximum Gasteiger partial charge on any atom is 0.260 e. The Bertz CT molecular complexity index is 1110. The van der Waals surface area contributed by atoms with Gasteiger partial charge in [-0.3, -0.25) is 9.69 Å². The number of amides is 1. The number of hydrogen-bond donors (Lipinski definition) is 0. The lowest BCUT2D eigenvalue weighted by Crippen LogP contribution is -2.30. The number of thiazole rings is 1. The molecule has 134 valence electrons. The van der Waals surface area contributed by atoms with Crippen molar-refractivity contribution in [2.75, 3.05) is 4.90 Å². The molecule has 0 unspecified atom stereocenters. The van der Waals surface area contributed by atoms with E-state index in [1.165, 1.54) is 40.5 Å². The second-order valence-corrected chi connectivity index (χ2v) is 6.98. The Hall–Kier alpha value is -3.12. The lowest BCUT2D eigenvalue weighted by Gasteiger charge is -2.20. The SMILES string of the molecule is O=C(c1cccc(F)c1)N(Cc1ccccc1)c1nc2c(F)cccc2s1. The maximum absolute atomic E-state index is 14.1. The molecule has 1 amide bonds. The first-order valence-electron chi connectivity index (χ1n) is 8.28. The monoisotopic (exact) mass is 380 g/mol. The van der Waals surface area contributed by atoms with Gasteiger partial charge in [0.05, 0.1) is 11.2 Å². The van der Waals surface area contributed by atoms with Gasteiger partial charge in [0, 0.05) is 5.56 Å². The molecule has 0 atom stereocenters. The minimum atomic E-state index is -0.490. The zero-order chi connectivity index (χ0) is 18.8. The smallest absolute Gasteiger partial charge is 0.260 e. The van der Waals surface area contributed by atoms with E-state index in [1.54, 1.807) is 18.2 Å². The first-order valence-corrected chi connectivity index (χ1v) is 9.10. The van der Waals surface area contributed by atoms with Gasteiger partial charge in [0.1, 0.15) is 17.2 Å². The van der Waals surface area contributed by atoms with Crippen LogP contribution < -0.4 is 4.90 Å². The van der Waals surface area contributed by atoms with Crippen LogP contribution in [0.15, 0.2) is 72.8 Å². The van der Waals surface area contributed by atoms with E-state index >= 15 is 0 Å². The maximum atomic E-state index is 14.1. The minimum absolute atomic E-state index is 0.214. The third-order valence-electron chi connectivity index (χ3n) is 4.09. The number of carbonyl (C=O) groups is 1. The molecular weight excluding hydrogens is 366 g/mol. The molecule has 0 aliphatic rings. The van der Waals surface area contributed by atoms with Crippen LogP contribution in [0.4, 0.5) is 13.9 Å².